The number of anilines is 3. The largest absolute Gasteiger partial charge is 0.310 e. The van der Waals surface area contributed by atoms with Gasteiger partial charge in [-0.25, -0.2) is 0 Å². The van der Waals surface area contributed by atoms with Gasteiger partial charge in [0.05, 0.1) is 0 Å². The van der Waals surface area contributed by atoms with E-state index >= 15 is 0 Å². The molecule has 214 valence electrons. The summed E-state index contributed by atoms with van der Waals surface area (Å²) < 4.78 is 0. The summed E-state index contributed by atoms with van der Waals surface area (Å²) in [6.45, 7) is 11.9. The summed E-state index contributed by atoms with van der Waals surface area (Å²) in [5, 5.41) is 0. The SMILES string of the molecule is Cc1ccc(-c2ccc(N(c3ccc4c(c3)C(C)(C)C3C=CC=CC43)c3ccc4c(c3)C(C)(C)C3C=CC=CC43)cc2)s1. The van der Waals surface area contributed by atoms with Crippen LogP contribution in [-0.4, -0.2) is 0 Å². The molecule has 0 amide bonds. The van der Waals surface area contributed by atoms with Gasteiger partial charge in [0.1, 0.15) is 0 Å². The topological polar surface area (TPSA) is 3.24 Å². The highest BCUT2D eigenvalue weighted by Crippen LogP contribution is 2.56. The number of hydrogen-bond acceptors (Lipinski definition) is 2. The van der Waals surface area contributed by atoms with E-state index in [1.807, 2.05) is 11.3 Å². The van der Waals surface area contributed by atoms with Gasteiger partial charge in [-0.2, -0.15) is 0 Å². The number of allylic oxidation sites excluding steroid dienone is 8. The molecule has 4 aliphatic carbocycles. The standard InChI is InChI=1S/C41H39NS/c1-26-14-23-39(43-26)27-15-17-28(18-16-27)42(29-19-21-33-31-10-6-8-12-35(31)40(2,3)37(33)24-29)30-20-22-34-32-11-7-9-13-36(32)41(4,5)38(34)25-30/h6-25,31-32,35-36H,1-5H3. The third-order valence-electron chi connectivity index (χ3n) is 10.8. The zero-order valence-corrected chi connectivity index (χ0v) is 26.5. The smallest absolute Gasteiger partial charge is 0.0464 e. The molecule has 4 unspecified atom stereocenters. The minimum atomic E-state index is 0.0676. The molecule has 0 aliphatic heterocycles. The van der Waals surface area contributed by atoms with E-state index in [1.54, 1.807) is 0 Å². The first-order valence-electron chi connectivity index (χ1n) is 15.7. The molecule has 2 heteroatoms. The number of hydrogen-bond donors (Lipinski definition) is 0. The summed E-state index contributed by atoms with van der Waals surface area (Å²) in [5.74, 6) is 1.90. The normalized spacial score (nSPS) is 24.9. The van der Waals surface area contributed by atoms with Crippen molar-refractivity contribution in [2.24, 2.45) is 11.8 Å². The molecule has 1 heterocycles. The first-order chi connectivity index (χ1) is 20.7. The summed E-state index contributed by atoms with van der Waals surface area (Å²) in [4.78, 5) is 5.15. The molecule has 0 N–H and O–H groups in total. The van der Waals surface area contributed by atoms with Crippen LogP contribution < -0.4 is 4.90 Å². The highest BCUT2D eigenvalue weighted by molar-refractivity contribution is 7.15. The summed E-state index contributed by atoms with van der Waals surface area (Å²) >= 11 is 1.86. The van der Waals surface area contributed by atoms with Crippen LogP contribution in [0.4, 0.5) is 17.1 Å². The van der Waals surface area contributed by atoms with Gasteiger partial charge in [0, 0.05) is 38.7 Å². The van der Waals surface area contributed by atoms with E-state index in [1.165, 1.54) is 54.6 Å². The molecule has 0 fully saturated rings. The average Bonchev–Trinajstić information content (AvgIpc) is 3.63. The van der Waals surface area contributed by atoms with E-state index in [-0.39, 0.29) is 10.8 Å². The van der Waals surface area contributed by atoms with Crippen molar-refractivity contribution in [1.82, 2.24) is 0 Å². The molecular formula is C41H39NS. The Hall–Kier alpha value is -3.88. The van der Waals surface area contributed by atoms with Crippen molar-refractivity contribution in [2.45, 2.75) is 57.3 Å². The van der Waals surface area contributed by atoms with Gasteiger partial charge < -0.3 is 4.90 Å². The van der Waals surface area contributed by atoms with E-state index in [4.69, 9.17) is 0 Å². The number of benzene rings is 3. The van der Waals surface area contributed by atoms with Crippen LogP contribution in [-0.2, 0) is 10.8 Å². The van der Waals surface area contributed by atoms with Crippen molar-refractivity contribution >= 4 is 28.4 Å². The first-order valence-corrected chi connectivity index (χ1v) is 16.5. The number of thiophene rings is 1. The summed E-state index contributed by atoms with van der Waals surface area (Å²) in [7, 11) is 0. The van der Waals surface area contributed by atoms with Crippen molar-refractivity contribution in [1.29, 1.82) is 0 Å². The van der Waals surface area contributed by atoms with Gasteiger partial charge >= 0.3 is 0 Å². The van der Waals surface area contributed by atoms with E-state index in [2.05, 4.69) is 161 Å². The highest BCUT2D eigenvalue weighted by atomic mass is 32.1. The summed E-state index contributed by atoms with van der Waals surface area (Å²) in [6.07, 6.45) is 18.5. The highest BCUT2D eigenvalue weighted by Gasteiger charge is 2.46. The fraction of sp³-hybridized carbons (Fsp3) is 0.268. The maximum absolute atomic E-state index is 2.48. The Labute approximate surface area is 260 Å². The number of fused-ring (bicyclic) bond motifs is 6. The molecule has 3 aromatic carbocycles. The van der Waals surface area contributed by atoms with Crippen LogP contribution in [0.5, 0.6) is 0 Å². The summed E-state index contributed by atoms with van der Waals surface area (Å²) in [5.41, 5.74) is 10.9. The molecule has 4 atom stereocenters. The fourth-order valence-corrected chi connectivity index (χ4v) is 9.30. The molecule has 0 saturated heterocycles. The van der Waals surface area contributed by atoms with Crippen LogP contribution in [0.15, 0.2) is 121 Å². The van der Waals surface area contributed by atoms with Crippen molar-refractivity contribution in [3.05, 3.63) is 149 Å². The van der Waals surface area contributed by atoms with Crippen LogP contribution in [0.25, 0.3) is 10.4 Å². The van der Waals surface area contributed by atoms with Crippen molar-refractivity contribution < 1.29 is 0 Å². The Morgan fingerprint density at radius 2 is 1.05 bits per heavy atom. The Bertz CT molecular complexity index is 1760. The minimum Gasteiger partial charge on any atom is -0.310 e. The predicted octanol–water partition coefficient (Wildman–Crippen LogP) is 11.4. The Balaban J connectivity index is 1.27. The van der Waals surface area contributed by atoms with E-state index < -0.39 is 0 Å². The van der Waals surface area contributed by atoms with Gasteiger partial charge in [0.25, 0.3) is 0 Å². The Kier molecular flexibility index (Phi) is 5.94. The van der Waals surface area contributed by atoms with Gasteiger partial charge in [0.2, 0.25) is 0 Å². The Morgan fingerprint density at radius 1 is 0.558 bits per heavy atom. The van der Waals surface area contributed by atoms with Crippen LogP contribution in [0.1, 0.15) is 66.7 Å². The van der Waals surface area contributed by atoms with E-state index in [9.17, 15) is 0 Å². The van der Waals surface area contributed by atoms with Crippen LogP contribution >= 0.6 is 11.3 Å². The molecular weight excluding hydrogens is 539 g/mol. The zero-order chi connectivity index (χ0) is 29.5. The lowest BCUT2D eigenvalue weighted by molar-refractivity contribution is 0.394. The fourth-order valence-electron chi connectivity index (χ4n) is 8.42. The zero-order valence-electron chi connectivity index (χ0n) is 25.7. The van der Waals surface area contributed by atoms with Gasteiger partial charge in [-0.05, 0) is 106 Å². The molecule has 4 aliphatic rings. The molecule has 1 aromatic heterocycles. The number of nitrogens with zero attached hydrogens (tertiary/aromatic N) is 1. The third kappa shape index (κ3) is 4.03. The van der Waals surface area contributed by atoms with E-state index in [0.29, 0.717) is 23.7 Å². The maximum Gasteiger partial charge on any atom is 0.0464 e. The lowest BCUT2D eigenvalue weighted by Gasteiger charge is -2.31. The lowest BCUT2D eigenvalue weighted by Crippen LogP contribution is -2.25. The van der Waals surface area contributed by atoms with Gasteiger partial charge in [0.15, 0.2) is 0 Å². The monoisotopic (exact) mass is 577 g/mol. The summed E-state index contributed by atoms with van der Waals surface area (Å²) in [6, 6.07) is 28.1. The molecule has 4 aromatic rings. The molecule has 0 radical (unpaired) electrons. The van der Waals surface area contributed by atoms with Crippen LogP contribution in [0.2, 0.25) is 0 Å². The molecule has 1 nitrogen and oxygen atoms in total. The lowest BCUT2D eigenvalue weighted by atomic mass is 9.74. The maximum atomic E-state index is 2.48. The van der Waals surface area contributed by atoms with Crippen molar-refractivity contribution in [3.8, 4) is 10.4 Å². The Morgan fingerprint density at radius 3 is 1.53 bits per heavy atom. The second kappa shape index (κ2) is 9.56. The number of rotatable bonds is 4. The third-order valence-corrected chi connectivity index (χ3v) is 11.8. The predicted molar refractivity (Wildman–Crippen MR) is 184 cm³/mol. The molecule has 43 heavy (non-hydrogen) atoms. The van der Waals surface area contributed by atoms with Crippen LogP contribution in [0, 0.1) is 18.8 Å². The second-order valence-corrected chi connectivity index (χ2v) is 15.2. The minimum absolute atomic E-state index is 0.0676. The van der Waals surface area contributed by atoms with Crippen LogP contribution in [0.3, 0.4) is 0 Å². The molecule has 0 saturated carbocycles. The van der Waals surface area contributed by atoms with Crippen molar-refractivity contribution in [2.75, 3.05) is 4.90 Å². The quantitative estimate of drug-likeness (QED) is 0.233. The van der Waals surface area contributed by atoms with Gasteiger partial charge in [-0.1, -0.05) is 101 Å². The molecule has 0 spiro atoms. The van der Waals surface area contributed by atoms with Gasteiger partial charge in [-0.15, -0.1) is 11.3 Å². The molecule has 8 rings (SSSR count). The van der Waals surface area contributed by atoms with E-state index in [0.717, 1.165) is 0 Å². The van der Waals surface area contributed by atoms with Gasteiger partial charge in [-0.3, -0.25) is 0 Å². The molecule has 0 bridgehead atoms. The second-order valence-electron chi connectivity index (χ2n) is 13.9. The number of aryl methyl sites for hydroxylation is 1. The first kappa shape index (κ1) is 26.7. The average molecular weight is 578 g/mol. The van der Waals surface area contributed by atoms with Crippen molar-refractivity contribution in [3.63, 3.8) is 0 Å².